The van der Waals surface area contributed by atoms with Crippen LogP contribution in [-0.4, -0.2) is 0 Å². The van der Waals surface area contributed by atoms with Crippen LogP contribution in [0.15, 0.2) is 18.2 Å². The van der Waals surface area contributed by atoms with Gasteiger partial charge in [-0.2, -0.15) is 12.1 Å². The molecule has 1 radical (unpaired) electrons. The zero-order chi connectivity index (χ0) is 6.69. The van der Waals surface area contributed by atoms with E-state index in [-0.39, 0.29) is 25.8 Å². The molecule has 0 fully saturated rings. The van der Waals surface area contributed by atoms with Gasteiger partial charge in [-0.15, -0.1) is 12.1 Å². The molecule has 0 aliphatic heterocycles. The van der Waals surface area contributed by atoms with Gasteiger partial charge in [0.25, 0.3) is 0 Å². The summed E-state index contributed by atoms with van der Waals surface area (Å²) < 4.78 is 12.1. The van der Waals surface area contributed by atoms with Crippen molar-refractivity contribution in [2.24, 2.45) is 0 Å². The van der Waals surface area contributed by atoms with Gasteiger partial charge in [-0.05, 0) is 0 Å². The second kappa shape index (κ2) is 4.35. The topological polar surface area (TPSA) is 23.8 Å². The summed E-state index contributed by atoms with van der Waals surface area (Å²) in [5, 5.41) is 8.24. The van der Waals surface area contributed by atoms with Gasteiger partial charge in [-0.1, -0.05) is 5.56 Å². The van der Waals surface area contributed by atoms with Crippen LogP contribution in [-0.2, 0) is 25.8 Å². The maximum atomic E-state index is 12.1. The quantitative estimate of drug-likeness (QED) is 0.534. The molecule has 0 spiro atoms. The number of nitrogens with zero attached hydrogens (tertiary/aromatic N) is 1. The Morgan fingerprint density at radius 3 is 2.60 bits per heavy atom. The molecule has 0 bridgehead atoms. The van der Waals surface area contributed by atoms with Crippen LogP contribution in [0.25, 0.3) is 0 Å². The van der Waals surface area contributed by atoms with E-state index < -0.39 is 5.82 Å². The first-order valence-electron chi connectivity index (χ1n) is 2.40. The fraction of sp³-hybridized carbons (Fsp3) is 0. The van der Waals surface area contributed by atoms with Crippen LogP contribution in [0.3, 0.4) is 0 Å². The van der Waals surface area contributed by atoms with Crippen LogP contribution in [0.5, 0.6) is 0 Å². The Bertz CT molecular complexity index is 237. The van der Waals surface area contributed by atoms with E-state index in [1.807, 2.05) is 6.07 Å². The van der Waals surface area contributed by atoms with Crippen molar-refractivity contribution in [1.29, 1.82) is 5.26 Å². The number of hydrogen-bond donors (Lipinski definition) is 0. The van der Waals surface area contributed by atoms with Crippen LogP contribution >= 0.6 is 0 Å². The van der Waals surface area contributed by atoms with Crippen LogP contribution in [0.1, 0.15) is 5.56 Å². The molecule has 0 saturated carbocycles. The monoisotopic (exact) mass is 165 g/mol. The Balaban J connectivity index is 0.000000810. The number of halogens is 1. The summed E-state index contributed by atoms with van der Waals surface area (Å²) in [6.45, 7) is 0. The molecular formula is C7H3FNSc-. The van der Waals surface area contributed by atoms with E-state index in [0.717, 1.165) is 0 Å². The third-order valence-electron chi connectivity index (χ3n) is 0.904. The summed E-state index contributed by atoms with van der Waals surface area (Å²) in [5.74, 6) is -0.436. The van der Waals surface area contributed by atoms with Crippen molar-refractivity contribution in [2.75, 3.05) is 0 Å². The van der Waals surface area contributed by atoms with Gasteiger partial charge in [0.15, 0.2) is 0 Å². The van der Waals surface area contributed by atoms with Crippen LogP contribution in [0.4, 0.5) is 4.39 Å². The fourth-order valence-electron chi connectivity index (χ4n) is 0.475. The van der Waals surface area contributed by atoms with Gasteiger partial charge < -0.3 is 0 Å². The Morgan fingerprint density at radius 2 is 2.20 bits per heavy atom. The van der Waals surface area contributed by atoms with E-state index in [1.165, 1.54) is 18.2 Å². The number of benzene rings is 1. The Kier molecular flexibility index (Phi) is 4.13. The van der Waals surface area contributed by atoms with Gasteiger partial charge in [0.1, 0.15) is 0 Å². The van der Waals surface area contributed by atoms with E-state index in [9.17, 15) is 4.39 Å². The SMILES string of the molecule is N#Cc1c[c-]c(F)cc1.[Sc]. The number of rotatable bonds is 0. The standard InChI is InChI=1S/C7H3FN.Sc/c8-7-3-1-6(5-9)2-4-7;/h1-3H;/q-1;. The van der Waals surface area contributed by atoms with Gasteiger partial charge >= 0.3 is 0 Å². The smallest absolute Gasteiger partial charge is 0.0307 e. The summed E-state index contributed by atoms with van der Waals surface area (Å²) in [7, 11) is 0. The molecule has 1 nitrogen and oxygen atoms in total. The maximum absolute atomic E-state index is 12.1. The zero-order valence-electron chi connectivity index (χ0n) is 5.13. The first-order valence-corrected chi connectivity index (χ1v) is 2.40. The molecule has 47 valence electrons. The average Bonchev–Trinajstić information content (AvgIpc) is 1.90. The Hall–Kier alpha value is -0.490. The zero-order valence-corrected chi connectivity index (χ0v) is 6.94. The van der Waals surface area contributed by atoms with Crippen molar-refractivity contribution >= 4 is 0 Å². The van der Waals surface area contributed by atoms with E-state index in [1.54, 1.807) is 0 Å². The molecule has 3 heteroatoms. The maximum Gasteiger partial charge on any atom is 0.0307 e. The molecule has 1 aromatic carbocycles. The van der Waals surface area contributed by atoms with Crippen molar-refractivity contribution < 1.29 is 30.2 Å². The fourth-order valence-corrected chi connectivity index (χ4v) is 0.475. The van der Waals surface area contributed by atoms with Gasteiger partial charge in [-0.3, -0.25) is 0 Å². The number of nitriles is 1. The Labute approximate surface area is 77.3 Å². The molecular weight excluding hydrogens is 162 g/mol. The molecule has 1 aromatic rings. The van der Waals surface area contributed by atoms with E-state index in [2.05, 4.69) is 6.07 Å². The summed E-state index contributed by atoms with van der Waals surface area (Å²) >= 11 is 0. The molecule has 1 rings (SSSR count). The summed E-state index contributed by atoms with van der Waals surface area (Å²) in [5.41, 5.74) is 0.427. The van der Waals surface area contributed by atoms with Crippen molar-refractivity contribution in [3.8, 4) is 6.07 Å². The van der Waals surface area contributed by atoms with Crippen LogP contribution < -0.4 is 0 Å². The molecule has 10 heavy (non-hydrogen) atoms. The van der Waals surface area contributed by atoms with Crippen molar-refractivity contribution in [3.63, 3.8) is 0 Å². The van der Waals surface area contributed by atoms with Gasteiger partial charge in [-0.25, -0.2) is 9.65 Å². The Morgan fingerprint density at radius 1 is 1.50 bits per heavy atom. The predicted octanol–water partition coefficient (Wildman–Crippen LogP) is 1.50. The second-order valence-corrected chi connectivity index (χ2v) is 1.54. The van der Waals surface area contributed by atoms with E-state index in [4.69, 9.17) is 5.26 Å². The second-order valence-electron chi connectivity index (χ2n) is 1.54. The van der Waals surface area contributed by atoms with Crippen LogP contribution in [0.2, 0.25) is 0 Å². The molecule has 0 amide bonds. The van der Waals surface area contributed by atoms with Crippen molar-refractivity contribution in [2.45, 2.75) is 0 Å². The molecule has 0 heterocycles. The normalized spacial score (nSPS) is 7.60. The number of hydrogen-bond acceptors (Lipinski definition) is 1. The first-order chi connectivity index (χ1) is 4.33. The molecule has 0 saturated heterocycles. The molecule has 0 aliphatic carbocycles. The predicted molar refractivity (Wildman–Crippen MR) is 30.0 cm³/mol. The minimum atomic E-state index is -0.436. The molecule has 0 atom stereocenters. The van der Waals surface area contributed by atoms with E-state index >= 15 is 0 Å². The van der Waals surface area contributed by atoms with Gasteiger partial charge in [0.05, 0.1) is 0 Å². The molecule has 0 aliphatic rings. The molecule has 0 aromatic heterocycles. The summed E-state index contributed by atoms with van der Waals surface area (Å²) in [6.07, 6.45) is 0. The summed E-state index contributed by atoms with van der Waals surface area (Å²) in [4.78, 5) is 0. The van der Waals surface area contributed by atoms with Gasteiger partial charge in [0, 0.05) is 37.7 Å². The first kappa shape index (κ1) is 9.51. The minimum Gasteiger partial charge on any atom is -0.236 e. The summed E-state index contributed by atoms with van der Waals surface area (Å²) in [6, 6.07) is 8.05. The van der Waals surface area contributed by atoms with Crippen molar-refractivity contribution in [3.05, 3.63) is 35.6 Å². The minimum absolute atomic E-state index is 0. The molecule has 0 N–H and O–H groups in total. The average molecular weight is 165 g/mol. The third-order valence-corrected chi connectivity index (χ3v) is 0.904. The van der Waals surface area contributed by atoms with Gasteiger partial charge in [0.2, 0.25) is 0 Å². The molecule has 0 unspecified atom stereocenters. The van der Waals surface area contributed by atoms with Crippen molar-refractivity contribution in [1.82, 2.24) is 0 Å². The van der Waals surface area contributed by atoms with E-state index in [0.29, 0.717) is 5.56 Å². The largest absolute Gasteiger partial charge is 0.236 e. The third kappa shape index (κ3) is 2.40. The van der Waals surface area contributed by atoms with Crippen LogP contribution in [0, 0.1) is 23.2 Å².